The fourth-order valence-electron chi connectivity index (χ4n) is 3.35. The van der Waals surface area contributed by atoms with Crippen molar-refractivity contribution >= 4 is 45.5 Å². The smallest absolute Gasteiger partial charge is 0.263 e. The quantitative estimate of drug-likeness (QED) is 0.813. The van der Waals surface area contributed by atoms with E-state index in [4.69, 9.17) is 12.2 Å². The molecule has 0 radical (unpaired) electrons. The molecule has 1 unspecified atom stereocenters. The Kier molecular flexibility index (Phi) is 3.27. The van der Waals surface area contributed by atoms with E-state index in [-0.39, 0.29) is 11.6 Å². The van der Waals surface area contributed by atoms with Crippen molar-refractivity contribution in [1.82, 2.24) is 9.55 Å². The van der Waals surface area contributed by atoms with Crippen LogP contribution in [-0.4, -0.2) is 21.1 Å². The van der Waals surface area contributed by atoms with Gasteiger partial charge in [0.1, 0.15) is 4.83 Å². The van der Waals surface area contributed by atoms with Crippen LogP contribution in [0.3, 0.4) is 0 Å². The van der Waals surface area contributed by atoms with Gasteiger partial charge in [0.25, 0.3) is 5.56 Å². The number of nitrogens with one attached hydrogen (secondary N) is 1. The highest BCUT2D eigenvalue weighted by Gasteiger charge is 2.24. The summed E-state index contributed by atoms with van der Waals surface area (Å²) in [4.78, 5) is 18.6. The molecule has 0 amide bonds. The van der Waals surface area contributed by atoms with E-state index in [9.17, 15) is 4.79 Å². The Balaban J connectivity index is 1.97. The Morgan fingerprint density at radius 2 is 2.20 bits per heavy atom. The molecule has 1 fully saturated rings. The van der Waals surface area contributed by atoms with Crippen molar-refractivity contribution in [1.29, 1.82) is 0 Å². The summed E-state index contributed by atoms with van der Waals surface area (Å²) >= 11 is 9.12. The minimum absolute atomic E-state index is 0.149. The highest BCUT2D eigenvalue weighted by molar-refractivity contribution is 7.99. The minimum Gasteiger partial charge on any atom is -0.323 e. The average Bonchev–Trinajstić information content (AvgIpc) is 2.99. The summed E-state index contributed by atoms with van der Waals surface area (Å²) in [5, 5.41) is 0.923. The number of rotatable bonds is 1. The van der Waals surface area contributed by atoms with Gasteiger partial charge in [-0.05, 0) is 55.6 Å². The lowest BCUT2D eigenvalue weighted by Crippen LogP contribution is -2.29. The predicted molar refractivity (Wildman–Crippen MR) is 88.9 cm³/mol. The van der Waals surface area contributed by atoms with Gasteiger partial charge in [0.05, 0.1) is 5.39 Å². The molecule has 0 saturated carbocycles. The summed E-state index contributed by atoms with van der Waals surface area (Å²) in [6.45, 7) is 0. The third kappa shape index (κ3) is 1.92. The van der Waals surface area contributed by atoms with Crippen molar-refractivity contribution in [2.75, 3.05) is 11.5 Å². The number of thioether (sulfide) groups is 1. The van der Waals surface area contributed by atoms with Crippen molar-refractivity contribution in [2.45, 2.75) is 38.1 Å². The van der Waals surface area contributed by atoms with Crippen molar-refractivity contribution in [3.63, 3.8) is 0 Å². The van der Waals surface area contributed by atoms with Crippen LogP contribution in [0.15, 0.2) is 4.79 Å². The van der Waals surface area contributed by atoms with Gasteiger partial charge in [0, 0.05) is 16.7 Å². The van der Waals surface area contributed by atoms with Crippen LogP contribution in [0.2, 0.25) is 0 Å². The molecule has 1 aliphatic carbocycles. The minimum atomic E-state index is 0.149. The van der Waals surface area contributed by atoms with E-state index in [1.54, 1.807) is 11.3 Å². The molecule has 0 spiro atoms. The van der Waals surface area contributed by atoms with Gasteiger partial charge in [-0.25, -0.2) is 0 Å². The maximum atomic E-state index is 12.9. The van der Waals surface area contributed by atoms with Crippen LogP contribution in [0.5, 0.6) is 0 Å². The monoisotopic (exact) mass is 324 g/mol. The molecular formula is C14H16N2OS3. The van der Waals surface area contributed by atoms with Crippen LogP contribution in [0, 0.1) is 4.77 Å². The number of nitrogens with zero attached hydrogens (tertiary/aromatic N) is 1. The molecule has 4 rings (SSSR count). The lowest BCUT2D eigenvalue weighted by atomic mass is 10.1. The largest absolute Gasteiger partial charge is 0.323 e. The van der Waals surface area contributed by atoms with E-state index in [2.05, 4.69) is 4.98 Å². The van der Waals surface area contributed by atoms with Gasteiger partial charge in [-0.15, -0.1) is 11.3 Å². The number of fused-ring (bicyclic) bond motifs is 3. The van der Waals surface area contributed by atoms with Crippen LogP contribution in [0.25, 0.3) is 10.2 Å². The van der Waals surface area contributed by atoms with Gasteiger partial charge in [-0.1, -0.05) is 0 Å². The van der Waals surface area contributed by atoms with E-state index in [1.807, 2.05) is 16.3 Å². The maximum Gasteiger partial charge on any atom is 0.263 e. The summed E-state index contributed by atoms with van der Waals surface area (Å²) in [6, 6.07) is 0.270. The van der Waals surface area contributed by atoms with Crippen LogP contribution >= 0.6 is 35.3 Å². The Morgan fingerprint density at radius 1 is 1.30 bits per heavy atom. The van der Waals surface area contributed by atoms with Crippen LogP contribution in [0.1, 0.15) is 35.7 Å². The van der Waals surface area contributed by atoms with Crippen LogP contribution in [-0.2, 0) is 12.8 Å². The third-order valence-electron chi connectivity index (χ3n) is 4.29. The summed E-state index contributed by atoms with van der Waals surface area (Å²) < 4.78 is 2.46. The molecule has 6 heteroatoms. The maximum absolute atomic E-state index is 12.9. The lowest BCUT2D eigenvalue weighted by Gasteiger charge is -2.23. The second-order valence-electron chi connectivity index (χ2n) is 5.54. The number of thiophene rings is 1. The Hall–Kier alpha value is -0.590. The standard InChI is InChI=1S/C14H16N2OS3/c17-13-11-9-4-1-5-10(9)20-12(11)15-14(18)16(13)8-3-2-6-19-7-8/h8H,1-7H2,(H,15,18). The first-order chi connectivity index (χ1) is 9.75. The Bertz CT molecular complexity index is 780. The normalized spacial score (nSPS) is 22.3. The fourth-order valence-corrected chi connectivity index (χ4v) is 6.15. The molecule has 3 nitrogen and oxygen atoms in total. The van der Waals surface area contributed by atoms with E-state index in [0.29, 0.717) is 4.77 Å². The number of hydrogen-bond acceptors (Lipinski definition) is 4. The van der Waals surface area contributed by atoms with E-state index >= 15 is 0 Å². The van der Waals surface area contributed by atoms with E-state index in [0.717, 1.165) is 35.2 Å². The molecule has 1 atom stereocenters. The summed E-state index contributed by atoms with van der Waals surface area (Å²) in [5.41, 5.74) is 1.44. The number of aryl methyl sites for hydroxylation is 2. The van der Waals surface area contributed by atoms with Crippen LogP contribution in [0.4, 0.5) is 0 Å². The zero-order valence-electron chi connectivity index (χ0n) is 11.1. The zero-order chi connectivity index (χ0) is 13.7. The average molecular weight is 324 g/mol. The van der Waals surface area contributed by atoms with E-state index in [1.165, 1.54) is 29.0 Å². The molecule has 0 aromatic carbocycles. The molecule has 0 bridgehead atoms. The molecule has 20 heavy (non-hydrogen) atoms. The van der Waals surface area contributed by atoms with Crippen molar-refractivity contribution in [2.24, 2.45) is 0 Å². The second-order valence-corrected chi connectivity index (χ2v) is 8.18. The first-order valence-electron chi connectivity index (χ1n) is 7.12. The van der Waals surface area contributed by atoms with Gasteiger partial charge in [-0.2, -0.15) is 11.8 Å². The molecule has 106 valence electrons. The zero-order valence-corrected chi connectivity index (χ0v) is 13.6. The second kappa shape index (κ2) is 5.00. The predicted octanol–water partition coefficient (Wildman–Crippen LogP) is 3.68. The third-order valence-corrected chi connectivity index (χ3v) is 7.00. The van der Waals surface area contributed by atoms with Crippen molar-refractivity contribution < 1.29 is 0 Å². The van der Waals surface area contributed by atoms with Crippen molar-refractivity contribution in [3.8, 4) is 0 Å². The summed E-state index contributed by atoms with van der Waals surface area (Å²) in [5.74, 6) is 2.22. The van der Waals surface area contributed by atoms with Crippen molar-refractivity contribution in [3.05, 3.63) is 25.6 Å². The van der Waals surface area contributed by atoms with Gasteiger partial charge in [0.2, 0.25) is 0 Å². The van der Waals surface area contributed by atoms with Gasteiger partial charge in [0.15, 0.2) is 4.77 Å². The number of aromatic nitrogens is 2. The number of H-pyrrole nitrogens is 1. The first-order valence-corrected chi connectivity index (χ1v) is 9.50. The Morgan fingerprint density at radius 3 is 3.00 bits per heavy atom. The topological polar surface area (TPSA) is 37.8 Å². The first kappa shape index (κ1) is 13.1. The van der Waals surface area contributed by atoms with E-state index < -0.39 is 0 Å². The molecule has 2 aromatic rings. The molecule has 2 aliphatic rings. The number of aromatic amines is 1. The highest BCUT2D eigenvalue weighted by atomic mass is 32.2. The SMILES string of the molecule is O=c1c2c3c(sc2[nH]c(=S)n1C1CCCSC1)CCC3. The lowest BCUT2D eigenvalue weighted by molar-refractivity contribution is 0.478. The number of hydrogen-bond donors (Lipinski definition) is 1. The molecule has 1 saturated heterocycles. The summed E-state index contributed by atoms with van der Waals surface area (Å²) in [6.07, 6.45) is 5.60. The summed E-state index contributed by atoms with van der Waals surface area (Å²) in [7, 11) is 0. The Labute approximate surface area is 130 Å². The molecular weight excluding hydrogens is 308 g/mol. The van der Waals surface area contributed by atoms with Gasteiger partial charge < -0.3 is 4.98 Å². The fraction of sp³-hybridized carbons (Fsp3) is 0.571. The highest BCUT2D eigenvalue weighted by Crippen LogP contribution is 2.35. The van der Waals surface area contributed by atoms with Gasteiger partial charge in [-0.3, -0.25) is 9.36 Å². The van der Waals surface area contributed by atoms with Crippen LogP contribution < -0.4 is 5.56 Å². The molecule has 2 aromatic heterocycles. The molecule has 3 heterocycles. The van der Waals surface area contributed by atoms with Gasteiger partial charge >= 0.3 is 0 Å². The molecule has 1 N–H and O–H groups in total. The molecule has 1 aliphatic heterocycles.